The third-order valence-electron chi connectivity index (χ3n) is 5.53. The van der Waals surface area contributed by atoms with Crippen molar-refractivity contribution in [2.45, 2.75) is 25.7 Å². The van der Waals surface area contributed by atoms with Crippen LogP contribution >= 0.6 is 0 Å². The van der Waals surface area contributed by atoms with Crippen LogP contribution in [0.2, 0.25) is 0 Å². The highest BCUT2D eigenvalue weighted by atomic mass is 16.5. The highest BCUT2D eigenvalue weighted by Gasteiger charge is 2.48. The van der Waals surface area contributed by atoms with E-state index in [-0.39, 0.29) is 5.97 Å². The minimum atomic E-state index is -0.588. The third-order valence-corrected chi connectivity index (χ3v) is 5.53. The Morgan fingerprint density at radius 2 is 1.54 bits per heavy atom. The van der Waals surface area contributed by atoms with Crippen LogP contribution in [0.15, 0.2) is 84.7 Å². The standard InChI is InChI=1S/C25H23NO2/c1-3-21(24(27)28-4-2)25(17-18-13-15-26-16-14-18)22-11-7-5-9-19(22)20-10-6-8-12-23(20)25/h3,5-16H,4,17H2,1-2H3/b21-3-. The van der Waals surface area contributed by atoms with E-state index in [1.54, 1.807) is 12.4 Å². The van der Waals surface area contributed by atoms with Gasteiger partial charge in [-0.1, -0.05) is 54.6 Å². The van der Waals surface area contributed by atoms with Crippen molar-refractivity contribution in [3.63, 3.8) is 0 Å². The van der Waals surface area contributed by atoms with E-state index >= 15 is 0 Å². The van der Waals surface area contributed by atoms with Gasteiger partial charge in [-0.05, 0) is 60.2 Å². The van der Waals surface area contributed by atoms with Crippen molar-refractivity contribution in [2.24, 2.45) is 0 Å². The molecule has 0 atom stereocenters. The van der Waals surface area contributed by atoms with Gasteiger partial charge in [0.1, 0.15) is 0 Å². The van der Waals surface area contributed by atoms with Crippen LogP contribution in [0.3, 0.4) is 0 Å². The van der Waals surface area contributed by atoms with Crippen LogP contribution < -0.4 is 0 Å². The summed E-state index contributed by atoms with van der Waals surface area (Å²) >= 11 is 0. The Bertz CT molecular complexity index is 992. The number of ether oxygens (including phenoxy) is 1. The van der Waals surface area contributed by atoms with Gasteiger partial charge < -0.3 is 4.74 Å². The van der Waals surface area contributed by atoms with E-state index in [9.17, 15) is 4.79 Å². The molecule has 0 amide bonds. The number of carbonyl (C=O) groups excluding carboxylic acids is 1. The SMILES string of the molecule is C/C=C(/C(=O)OCC)C1(Cc2ccncc2)c2ccccc2-c2ccccc21. The molecule has 1 aromatic heterocycles. The number of hydrogen-bond donors (Lipinski definition) is 0. The summed E-state index contributed by atoms with van der Waals surface area (Å²) in [5.74, 6) is -0.259. The van der Waals surface area contributed by atoms with Gasteiger partial charge in [0.2, 0.25) is 0 Å². The van der Waals surface area contributed by atoms with Crippen molar-refractivity contribution in [2.75, 3.05) is 6.61 Å². The molecule has 0 saturated heterocycles. The average Bonchev–Trinajstić information content (AvgIpc) is 3.01. The van der Waals surface area contributed by atoms with Crippen LogP contribution in [0.1, 0.15) is 30.5 Å². The number of nitrogens with zero attached hydrogens (tertiary/aromatic N) is 1. The molecule has 3 heteroatoms. The van der Waals surface area contributed by atoms with Gasteiger partial charge >= 0.3 is 5.97 Å². The normalized spacial score (nSPS) is 14.3. The number of allylic oxidation sites excluding steroid dienone is 1. The van der Waals surface area contributed by atoms with Gasteiger partial charge in [-0.3, -0.25) is 4.98 Å². The lowest BCUT2D eigenvalue weighted by Crippen LogP contribution is -2.35. The number of hydrogen-bond acceptors (Lipinski definition) is 3. The van der Waals surface area contributed by atoms with E-state index in [1.165, 1.54) is 11.1 Å². The van der Waals surface area contributed by atoms with E-state index in [1.807, 2.05) is 44.2 Å². The predicted molar refractivity (Wildman–Crippen MR) is 111 cm³/mol. The maximum absolute atomic E-state index is 13.1. The minimum Gasteiger partial charge on any atom is -0.463 e. The second-order valence-electron chi connectivity index (χ2n) is 6.95. The maximum atomic E-state index is 13.1. The largest absolute Gasteiger partial charge is 0.463 e. The zero-order chi connectivity index (χ0) is 19.6. The molecule has 0 N–H and O–H groups in total. The molecule has 2 aromatic carbocycles. The van der Waals surface area contributed by atoms with Crippen molar-refractivity contribution in [3.8, 4) is 11.1 Å². The quantitative estimate of drug-likeness (QED) is 0.464. The summed E-state index contributed by atoms with van der Waals surface area (Å²) in [5, 5.41) is 0. The van der Waals surface area contributed by atoms with Crippen molar-refractivity contribution in [1.29, 1.82) is 0 Å². The molecule has 0 bridgehead atoms. The van der Waals surface area contributed by atoms with Gasteiger partial charge in [0.25, 0.3) is 0 Å². The van der Waals surface area contributed by atoms with E-state index in [0.717, 1.165) is 16.7 Å². The van der Waals surface area contributed by atoms with Crippen molar-refractivity contribution < 1.29 is 9.53 Å². The summed E-state index contributed by atoms with van der Waals surface area (Å²) in [5.41, 5.74) is 5.87. The van der Waals surface area contributed by atoms with Crippen LogP contribution in [0.4, 0.5) is 0 Å². The van der Waals surface area contributed by atoms with Crippen LogP contribution in [0, 0.1) is 0 Å². The highest BCUT2D eigenvalue weighted by Crippen LogP contribution is 2.54. The topological polar surface area (TPSA) is 39.2 Å². The summed E-state index contributed by atoms with van der Waals surface area (Å²) < 4.78 is 5.48. The van der Waals surface area contributed by atoms with Gasteiger partial charge in [0.05, 0.1) is 12.0 Å². The molecule has 140 valence electrons. The molecule has 0 unspecified atom stereocenters. The smallest absolute Gasteiger partial charge is 0.334 e. The first-order valence-electron chi connectivity index (χ1n) is 9.64. The average molecular weight is 369 g/mol. The Labute approximate surface area is 165 Å². The van der Waals surface area contributed by atoms with Gasteiger partial charge in [0, 0.05) is 18.0 Å². The Hall–Kier alpha value is -3.20. The molecule has 3 aromatic rings. The maximum Gasteiger partial charge on any atom is 0.334 e. The number of fused-ring (bicyclic) bond motifs is 3. The van der Waals surface area contributed by atoms with Gasteiger partial charge in [-0.25, -0.2) is 4.79 Å². The van der Waals surface area contributed by atoms with Crippen LogP contribution in [-0.4, -0.2) is 17.6 Å². The molecule has 0 saturated carbocycles. The molecule has 3 nitrogen and oxygen atoms in total. The van der Waals surface area contributed by atoms with Crippen molar-refractivity contribution in [1.82, 2.24) is 4.98 Å². The highest BCUT2D eigenvalue weighted by molar-refractivity contribution is 5.97. The van der Waals surface area contributed by atoms with Gasteiger partial charge in [0.15, 0.2) is 0 Å². The molecule has 0 radical (unpaired) electrons. The fourth-order valence-corrected chi connectivity index (χ4v) is 4.46. The van der Waals surface area contributed by atoms with Crippen molar-refractivity contribution in [3.05, 3.63) is 101 Å². The molecule has 0 spiro atoms. The molecule has 1 aliphatic rings. The molecule has 4 rings (SSSR count). The lowest BCUT2D eigenvalue weighted by Gasteiger charge is -2.34. The fraction of sp³-hybridized carbons (Fsp3) is 0.200. The Morgan fingerprint density at radius 1 is 0.964 bits per heavy atom. The lowest BCUT2D eigenvalue weighted by molar-refractivity contribution is -0.139. The molecule has 1 aliphatic carbocycles. The van der Waals surface area contributed by atoms with Crippen molar-refractivity contribution >= 4 is 5.97 Å². The number of rotatable bonds is 5. The molecule has 0 aliphatic heterocycles. The fourth-order valence-electron chi connectivity index (χ4n) is 4.46. The predicted octanol–water partition coefficient (Wildman–Crippen LogP) is 5.10. The Morgan fingerprint density at radius 3 is 2.07 bits per heavy atom. The van der Waals surface area contributed by atoms with Gasteiger partial charge in [-0.15, -0.1) is 0 Å². The van der Waals surface area contributed by atoms with Crippen LogP contribution in [0.25, 0.3) is 11.1 Å². The summed E-state index contributed by atoms with van der Waals surface area (Å²) in [7, 11) is 0. The first-order valence-corrected chi connectivity index (χ1v) is 9.64. The molecular formula is C25H23NO2. The zero-order valence-electron chi connectivity index (χ0n) is 16.2. The van der Waals surface area contributed by atoms with Crippen LogP contribution in [0.5, 0.6) is 0 Å². The summed E-state index contributed by atoms with van der Waals surface area (Å²) in [6, 6.07) is 20.8. The second kappa shape index (κ2) is 7.43. The lowest BCUT2D eigenvalue weighted by atomic mass is 9.68. The first-order chi connectivity index (χ1) is 13.7. The Balaban J connectivity index is 2.03. The molecule has 0 fully saturated rings. The van der Waals surface area contributed by atoms with E-state index in [2.05, 4.69) is 41.4 Å². The number of pyridine rings is 1. The number of esters is 1. The monoisotopic (exact) mass is 369 g/mol. The third kappa shape index (κ3) is 2.75. The Kier molecular flexibility index (Phi) is 4.82. The van der Waals surface area contributed by atoms with E-state index in [0.29, 0.717) is 18.6 Å². The number of carbonyl (C=O) groups is 1. The number of aromatic nitrogens is 1. The summed E-state index contributed by atoms with van der Waals surface area (Å²) in [6.07, 6.45) is 6.19. The molecule has 1 heterocycles. The van der Waals surface area contributed by atoms with E-state index in [4.69, 9.17) is 4.74 Å². The summed E-state index contributed by atoms with van der Waals surface area (Å²) in [6.45, 7) is 4.12. The van der Waals surface area contributed by atoms with Crippen LogP contribution in [-0.2, 0) is 21.4 Å². The summed E-state index contributed by atoms with van der Waals surface area (Å²) in [4.78, 5) is 17.2. The zero-order valence-corrected chi connectivity index (χ0v) is 16.2. The second-order valence-corrected chi connectivity index (χ2v) is 6.95. The van der Waals surface area contributed by atoms with E-state index < -0.39 is 5.41 Å². The minimum absolute atomic E-state index is 0.259. The number of benzene rings is 2. The molecule has 28 heavy (non-hydrogen) atoms. The molecular weight excluding hydrogens is 346 g/mol. The van der Waals surface area contributed by atoms with Gasteiger partial charge in [-0.2, -0.15) is 0 Å². The first kappa shape index (κ1) is 18.2.